The molecule has 2 fully saturated rings. The van der Waals surface area contributed by atoms with Crippen LogP contribution in [-0.2, 0) is 22.4 Å². The van der Waals surface area contributed by atoms with E-state index >= 15 is 0 Å². The van der Waals surface area contributed by atoms with Crippen molar-refractivity contribution < 1.29 is 9.53 Å². The quantitative estimate of drug-likeness (QED) is 0.859. The molecule has 0 spiro atoms. The number of amides is 1. The smallest absolute Gasteiger partial charge is 0.228 e. The van der Waals surface area contributed by atoms with Crippen molar-refractivity contribution in [3.05, 3.63) is 11.3 Å². The number of aromatic nitrogens is 2. The molecule has 1 amide bonds. The zero-order chi connectivity index (χ0) is 17.2. The molecule has 136 valence electrons. The fraction of sp³-hybridized carbons (Fsp3) is 0.722. The summed E-state index contributed by atoms with van der Waals surface area (Å²) in [7, 11) is 0. The fourth-order valence-electron chi connectivity index (χ4n) is 4.21. The van der Waals surface area contributed by atoms with Crippen LogP contribution >= 0.6 is 0 Å². The highest BCUT2D eigenvalue weighted by atomic mass is 16.5. The SMILES string of the molecule is Nc1nc2c(c(NC3CCCC3)n1)CCN(C(=O)C1CCOC1)CC2. The van der Waals surface area contributed by atoms with E-state index in [1.165, 1.54) is 25.7 Å². The summed E-state index contributed by atoms with van der Waals surface area (Å²) in [5.41, 5.74) is 8.07. The van der Waals surface area contributed by atoms with Crippen LogP contribution in [0.15, 0.2) is 0 Å². The number of hydrogen-bond donors (Lipinski definition) is 2. The van der Waals surface area contributed by atoms with Crippen molar-refractivity contribution in [1.82, 2.24) is 14.9 Å². The summed E-state index contributed by atoms with van der Waals surface area (Å²) in [6.07, 6.45) is 7.27. The van der Waals surface area contributed by atoms with Gasteiger partial charge in [0.1, 0.15) is 5.82 Å². The van der Waals surface area contributed by atoms with Gasteiger partial charge < -0.3 is 20.7 Å². The first-order chi connectivity index (χ1) is 12.2. The molecule has 25 heavy (non-hydrogen) atoms. The van der Waals surface area contributed by atoms with Gasteiger partial charge in [-0.15, -0.1) is 0 Å². The third-order valence-electron chi connectivity index (χ3n) is 5.65. The van der Waals surface area contributed by atoms with Crippen LogP contribution < -0.4 is 11.1 Å². The number of ether oxygens (including phenoxy) is 1. The lowest BCUT2D eigenvalue weighted by Gasteiger charge is -2.23. The van der Waals surface area contributed by atoms with Gasteiger partial charge in [-0.3, -0.25) is 4.79 Å². The molecule has 1 unspecified atom stereocenters. The molecular formula is C18H27N5O2. The van der Waals surface area contributed by atoms with Crippen LogP contribution in [0.4, 0.5) is 11.8 Å². The maximum Gasteiger partial charge on any atom is 0.228 e. The summed E-state index contributed by atoms with van der Waals surface area (Å²) in [6.45, 7) is 2.67. The predicted molar refractivity (Wildman–Crippen MR) is 95.2 cm³/mol. The molecule has 1 aromatic heterocycles. The van der Waals surface area contributed by atoms with Gasteiger partial charge >= 0.3 is 0 Å². The number of anilines is 2. The number of carbonyl (C=O) groups is 1. The molecule has 1 aliphatic carbocycles. The number of fused-ring (bicyclic) bond motifs is 1. The number of nitrogens with one attached hydrogen (secondary N) is 1. The maximum absolute atomic E-state index is 12.7. The molecule has 3 aliphatic rings. The van der Waals surface area contributed by atoms with E-state index in [9.17, 15) is 4.79 Å². The Hall–Kier alpha value is -1.89. The summed E-state index contributed by atoms with van der Waals surface area (Å²) in [5, 5.41) is 3.58. The minimum atomic E-state index is 0.0217. The van der Waals surface area contributed by atoms with E-state index in [1.807, 2.05) is 4.90 Å². The minimum Gasteiger partial charge on any atom is -0.381 e. The number of nitrogens with two attached hydrogens (primary N) is 1. The highest BCUT2D eigenvalue weighted by molar-refractivity contribution is 5.79. The van der Waals surface area contributed by atoms with Gasteiger partial charge in [0.2, 0.25) is 11.9 Å². The Morgan fingerprint density at radius 2 is 1.96 bits per heavy atom. The molecule has 0 radical (unpaired) electrons. The van der Waals surface area contributed by atoms with E-state index < -0.39 is 0 Å². The van der Waals surface area contributed by atoms with Crippen molar-refractivity contribution in [2.24, 2.45) is 5.92 Å². The van der Waals surface area contributed by atoms with E-state index in [0.717, 1.165) is 42.9 Å². The molecule has 7 nitrogen and oxygen atoms in total. The zero-order valence-corrected chi connectivity index (χ0v) is 14.7. The van der Waals surface area contributed by atoms with Gasteiger partial charge in [0.05, 0.1) is 18.2 Å². The molecule has 1 saturated heterocycles. The lowest BCUT2D eigenvalue weighted by molar-refractivity contribution is -0.135. The molecule has 4 rings (SSSR count). The molecule has 0 bridgehead atoms. The number of nitrogen functional groups attached to an aromatic ring is 1. The summed E-state index contributed by atoms with van der Waals surface area (Å²) in [6, 6.07) is 0.482. The van der Waals surface area contributed by atoms with Crippen LogP contribution in [0.25, 0.3) is 0 Å². The zero-order valence-electron chi connectivity index (χ0n) is 14.7. The lowest BCUT2D eigenvalue weighted by Crippen LogP contribution is -2.38. The normalized spacial score (nSPS) is 24.2. The van der Waals surface area contributed by atoms with Gasteiger partial charge in [0, 0.05) is 37.7 Å². The van der Waals surface area contributed by atoms with Crippen LogP contribution in [0, 0.1) is 5.92 Å². The van der Waals surface area contributed by atoms with Crippen molar-refractivity contribution in [1.29, 1.82) is 0 Å². The monoisotopic (exact) mass is 345 g/mol. The van der Waals surface area contributed by atoms with Gasteiger partial charge in [-0.05, 0) is 25.7 Å². The first kappa shape index (κ1) is 16.6. The molecule has 1 saturated carbocycles. The first-order valence-corrected chi connectivity index (χ1v) is 9.49. The third kappa shape index (κ3) is 3.56. The molecule has 2 aliphatic heterocycles. The van der Waals surface area contributed by atoms with Crippen LogP contribution in [0.3, 0.4) is 0 Å². The van der Waals surface area contributed by atoms with E-state index in [4.69, 9.17) is 10.5 Å². The van der Waals surface area contributed by atoms with Crippen molar-refractivity contribution in [3.63, 3.8) is 0 Å². The molecule has 7 heteroatoms. The third-order valence-corrected chi connectivity index (χ3v) is 5.65. The molecule has 1 aromatic rings. The van der Waals surface area contributed by atoms with Gasteiger partial charge in [-0.1, -0.05) is 12.8 Å². The number of carbonyl (C=O) groups excluding carboxylic acids is 1. The topological polar surface area (TPSA) is 93.4 Å². The fourth-order valence-corrected chi connectivity index (χ4v) is 4.21. The highest BCUT2D eigenvalue weighted by Gasteiger charge is 2.30. The van der Waals surface area contributed by atoms with Gasteiger partial charge in [0.15, 0.2) is 0 Å². The van der Waals surface area contributed by atoms with Crippen LogP contribution in [0.2, 0.25) is 0 Å². The van der Waals surface area contributed by atoms with Crippen LogP contribution in [-0.4, -0.2) is 53.1 Å². The Morgan fingerprint density at radius 1 is 1.16 bits per heavy atom. The second-order valence-electron chi connectivity index (χ2n) is 7.37. The molecule has 0 aromatic carbocycles. The van der Waals surface area contributed by atoms with Crippen molar-refractivity contribution >= 4 is 17.7 Å². The minimum absolute atomic E-state index is 0.0217. The second kappa shape index (κ2) is 7.15. The average molecular weight is 345 g/mol. The molecule has 3 heterocycles. The summed E-state index contributed by atoms with van der Waals surface area (Å²) in [5.74, 6) is 1.45. The largest absolute Gasteiger partial charge is 0.381 e. The van der Waals surface area contributed by atoms with Crippen LogP contribution in [0.1, 0.15) is 43.4 Å². The molecular weight excluding hydrogens is 318 g/mol. The Balaban J connectivity index is 1.51. The number of rotatable bonds is 3. The van der Waals surface area contributed by atoms with E-state index in [-0.39, 0.29) is 11.8 Å². The predicted octanol–water partition coefficient (Wildman–Crippen LogP) is 1.38. The van der Waals surface area contributed by atoms with Gasteiger partial charge in [0.25, 0.3) is 0 Å². The highest BCUT2D eigenvalue weighted by Crippen LogP contribution is 2.27. The maximum atomic E-state index is 12.7. The van der Waals surface area contributed by atoms with Crippen molar-refractivity contribution in [2.75, 3.05) is 37.4 Å². The van der Waals surface area contributed by atoms with E-state index in [2.05, 4.69) is 15.3 Å². The van der Waals surface area contributed by atoms with E-state index in [1.54, 1.807) is 0 Å². The number of nitrogens with zero attached hydrogens (tertiary/aromatic N) is 3. The molecule has 1 atom stereocenters. The number of hydrogen-bond acceptors (Lipinski definition) is 6. The lowest BCUT2D eigenvalue weighted by atomic mass is 10.1. The first-order valence-electron chi connectivity index (χ1n) is 9.49. The van der Waals surface area contributed by atoms with E-state index in [0.29, 0.717) is 31.7 Å². The summed E-state index contributed by atoms with van der Waals surface area (Å²) >= 11 is 0. The van der Waals surface area contributed by atoms with Gasteiger partial charge in [-0.25, -0.2) is 4.98 Å². The Labute approximate surface area is 148 Å². The standard InChI is InChI=1S/C18H27N5O2/c19-18-21-15-6-9-23(17(24)12-7-10-25-11-12)8-5-14(15)16(22-18)20-13-3-1-2-4-13/h12-13H,1-11H2,(H3,19,20,21,22). The van der Waals surface area contributed by atoms with Gasteiger partial charge in [-0.2, -0.15) is 4.98 Å². The Morgan fingerprint density at radius 3 is 2.72 bits per heavy atom. The Kier molecular flexibility index (Phi) is 4.74. The molecule has 3 N–H and O–H groups in total. The average Bonchev–Trinajstić information content (AvgIpc) is 3.26. The summed E-state index contributed by atoms with van der Waals surface area (Å²) in [4.78, 5) is 23.6. The van der Waals surface area contributed by atoms with Crippen molar-refractivity contribution in [3.8, 4) is 0 Å². The summed E-state index contributed by atoms with van der Waals surface area (Å²) < 4.78 is 5.37. The van der Waals surface area contributed by atoms with Crippen LogP contribution in [0.5, 0.6) is 0 Å². The van der Waals surface area contributed by atoms with Crippen molar-refractivity contribution in [2.45, 2.75) is 51.0 Å². The second-order valence-corrected chi connectivity index (χ2v) is 7.37. The Bertz CT molecular complexity index is 639.